The Balaban J connectivity index is 2.08. The summed E-state index contributed by atoms with van der Waals surface area (Å²) in [6.45, 7) is 0.391. The molecule has 1 aliphatic rings. The van der Waals surface area contributed by atoms with E-state index >= 15 is 0 Å². The van der Waals surface area contributed by atoms with Crippen molar-refractivity contribution in [2.24, 2.45) is 5.92 Å². The average Bonchev–Trinajstić information content (AvgIpc) is 2.38. The molecule has 0 amide bonds. The lowest BCUT2D eigenvalue weighted by atomic mass is 9.86. The fraction of sp³-hybridized carbons (Fsp3) is 0.500. The summed E-state index contributed by atoms with van der Waals surface area (Å²) in [7, 11) is 0. The third-order valence-corrected chi connectivity index (χ3v) is 3.65. The van der Waals surface area contributed by atoms with Crippen LogP contribution >= 0.6 is 0 Å². The van der Waals surface area contributed by atoms with Crippen molar-refractivity contribution in [2.75, 3.05) is 11.9 Å². The summed E-state index contributed by atoms with van der Waals surface area (Å²) in [4.78, 5) is 11.0. The van der Waals surface area contributed by atoms with Crippen LogP contribution in [0.2, 0.25) is 0 Å². The second kappa shape index (κ2) is 6.02. The topological polar surface area (TPSA) is 69.6 Å². The van der Waals surface area contributed by atoms with E-state index in [1.165, 1.54) is 18.2 Å². The molecule has 0 spiro atoms. The summed E-state index contributed by atoms with van der Waals surface area (Å²) in [6, 6.07) is 3.97. The Hall–Kier alpha value is -1.62. The average molecular weight is 267 g/mol. The molecular weight excluding hydrogens is 249 g/mol. The number of para-hydroxylation sites is 1. The van der Waals surface area contributed by atoms with E-state index in [1.807, 2.05) is 0 Å². The van der Waals surface area contributed by atoms with Gasteiger partial charge in [0.1, 0.15) is 5.82 Å². The molecule has 5 heteroatoms. The molecule has 0 radical (unpaired) electrons. The van der Waals surface area contributed by atoms with Gasteiger partial charge in [0.15, 0.2) is 0 Å². The fourth-order valence-electron chi connectivity index (χ4n) is 2.54. The SMILES string of the molecule is O=C(O)c1cccc(F)c1NCC1CCCCC1O. The third-order valence-electron chi connectivity index (χ3n) is 3.65. The van der Waals surface area contributed by atoms with E-state index in [0.29, 0.717) is 6.54 Å². The van der Waals surface area contributed by atoms with Crippen molar-refractivity contribution in [3.63, 3.8) is 0 Å². The number of aromatic carboxylic acids is 1. The fourth-order valence-corrected chi connectivity index (χ4v) is 2.54. The highest BCUT2D eigenvalue weighted by Crippen LogP contribution is 2.26. The molecule has 2 atom stereocenters. The van der Waals surface area contributed by atoms with Gasteiger partial charge in [-0.2, -0.15) is 0 Å². The molecule has 19 heavy (non-hydrogen) atoms. The van der Waals surface area contributed by atoms with Gasteiger partial charge in [0.05, 0.1) is 17.4 Å². The van der Waals surface area contributed by atoms with Gasteiger partial charge in [-0.15, -0.1) is 0 Å². The summed E-state index contributed by atoms with van der Waals surface area (Å²) in [6.07, 6.45) is 3.31. The van der Waals surface area contributed by atoms with Crippen LogP contribution in [0, 0.1) is 11.7 Å². The minimum atomic E-state index is -1.16. The Morgan fingerprint density at radius 3 is 2.79 bits per heavy atom. The molecule has 1 saturated carbocycles. The summed E-state index contributed by atoms with van der Waals surface area (Å²) in [5, 5.41) is 21.7. The number of halogens is 1. The molecule has 1 fully saturated rings. The molecule has 0 aliphatic heterocycles. The molecule has 3 N–H and O–H groups in total. The van der Waals surface area contributed by atoms with E-state index in [-0.39, 0.29) is 23.3 Å². The lowest BCUT2D eigenvalue weighted by Gasteiger charge is -2.28. The number of anilines is 1. The van der Waals surface area contributed by atoms with Gasteiger partial charge in [0.2, 0.25) is 0 Å². The first-order valence-electron chi connectivity index (χ1n) is 6.53. The number of carbonyl (C=O) groups is 1. The van der Waals surface area contributed by atoms with Crippen LogP contribution in [0.15, 0.2) is 18.2 Å². The second-order valence-electron chi connectivity index (χ2n) is 4.96. The van der Waals surface area contributed by atoms with Crippen molar-refractivity contribution in [3.8, 4) is 0 Å². The summed E-state index contributed by atoms with van der Waals surface area (Å²) < 4.78 is 13.7. The zero-order valence-electron chi connectivity index (χ0n) is 10.6. The number of carboxylic acid groups (broad SMARTS) is 1. The summed E-state index contributed by atoms with van der Waals surface area (Å²) in [5.41, 5.74) is -0.0712. The largest absolute Gasteiger partial charge is 0.478 e. The molecule has 4 nitrogen and oxygen atoms in total. The zero-order valence-corrected chi connectivity index (χ0v) is 10.6. The summed E-state index contributed by atoms with van der Waals surface area (Å²) >= 11 is 0. The van der Waals surface area contributed by atoms with Crippen molar-refractivity contribution < 1.29 is 19.4 Å². The van der Waals surface area contributed by atoms with Crippen LogP contribution in [0.25, 0.3) is 0 Å². The molecule has 2 unspecified atom stereocenters. The molecule has 0 aromatic heterocycles. The highest BCUT2D eigenvalue weighted by atomic mass is 19.1. The van der Waals surface area contributed by atoms with Crippen LogP contribution < -0.4 is 5.32 Å². The highest BCUT2D eigenvalue weighted by molar-refractivity contribution is 5.94. The highest BCUT2D eigenvalue weighted by Gasteiger charge is 2.23. The number of hydrogen-bond donors (Lipinski definition) is 3. The van der Waals surface area contributed by atoms with Crippen molar-refractivity contribution >= 4 is 11.7 Å². The minimum Gasteiger partial charge on any atom is -0.478 e. The van der Waals surface area contributed by atoms with E-state index in [9.17, 15) is 14.3 Å². The molecule has 2 rings (SSSR count). The zero-order chi connectivity index (χ0) is 13.8. The Kier molecular flexibility index (Phi) is 4.37. The molecule has 1 aromatic rings. The molecule has 104 valence electrons. The first kappa shape index (κ1) is 13.8. The number of hydrogen-bond acceptors (Lipinski definition) is 3. The molecule has 1 aliphatic carbocycles. The predicted molar refractivity (Wildman–Crippen MR) is 69.8 cm³/mol. The predicted octanol–water partition coefficient (Wildman–Crippen LogP) is 2.49. The first-order valence-corrected chi connectivity index (χ1v) is 6.53. The summed E-state index contributed by atoms with van der Waals surface area (Å²) in [5.74, 6) is -1.69. The van der Waals surface area contributed by atoms with Crippen LogP contribution in [-0.4, -0.2) is 28.8 Å². The minimum absolute atomic E-state index is 0.00720. The normalized spacial score (nSPS) is 23.1. The quantitative estimate of drug-likeness (QED) is 0.784. The Morgan fingerprint density at radius 2 is 2.11 bits per heavy atom. The Labute approximate surface area is 111 Å². The van der Waals surface area contributed by atoms with E-state index in [2.05, 4.69) is 5.32 Å². The number of aliphatic hydroxyl groups excluding tert-OH is 1. The molecular formula is C14H18FNO3. The molecule has 0 bridgehead atoms. The lowest BCUT2D eigenvalue weighted by Crippen LogP contribution is -2.30. The van der Waals surface area contributed by atoms with Gasteiger partial charge in [-0.25, -0.2) is 9.18 Å². The van der Waals surface area contributed by atoms with Crippen molar-refractivity contribution in [1.29, 1.82) is 0 Å². The van der Waals surface area contributed by atoms with Crippen molar-refractivity contribution in [1.82, 2.24) is 0 Å². The maximum atomic E-state index is 13.7. The lowest BCUT2D eigenvalue weighted by molar-refractivity contribution is 0.0697. The third kappa shape index (κ3) is 3.23. The van der Waals surface area contributed by atoms with E-state index in [0.717, 1.165) is 25.7 Å². The van der Waals surface area contributed by atoms with Crippen LogP contribution in [-0.2, 0) is 0 Å². The van der Waals surface area contributed by atoms with Gasteiger partial charge >= 0.3 is 5.97 Å². The van der Waals surface area contributed by atoms with Crippen LogP contribution in [0.1, 0.15) is 36.0 Å². The standard InChI is InChI=1S/C14H18FNO3/c15-11-6-3-5-10(14(18)19)13(11)16-8-9-4-1-2-7-12(9)17/h3,5-6,9,12,16-17H,1-2,4,7-8H2,(H,18,19). The van der Waals surface area contributed by atoms with Crippen molar-refractivity contribution in [3.05, 3.63) is 29.6 Å². The molecule has 1 aromatic carbocycles. The second-order valence-corrected chi connectivity index (χ2v) is 4.96. The number of rotatable bonds is 4. The maximum Gasteiger partial charge on any atom is 0.337 e. The van der Waals surface area contributed by atoms with Gasteiger partial charge < -0.3 is 15.5 Å². The van der Waals surface area contributed by atoms with E-state index in [4.69, 9.17) is 5.11 Å². The molecule has 0 saturated heterocycles. The van der Waals surface area contributed by atoms with Gasteiger partial charge in [-0.3, -0.25) is 0 Å². The Bertz CT molecular complexity index is 464. The molecule has 0 heterocycles. The monoisotopic (exact) mass is 267 g/mol. The van der Waals surface area contributed by atoms with Gasteiger partial charge in [0, 0.05) is 12.5 Å². The van der Waals surface area contributed by atoms with E-state index < -0.39 is 11.8 Å². The first-order chi connectivity index (χ1) is 9.09. The number of carboxylic acids is 1. The maximum absolute atomic E-state index is 13.7. The smallest absolute Gasteiger partial charge is 0.337 e. The number of nitrogens with one attached hydrogen (secondary N) is 1. The van der Waals surface area contributed by atoms with Crippen LogP contribution in [0.3, 0.4) is 0 Å². The van der Waals surface area contributed by atoms with Gasteiger partial charge in [0.25, 0.3) is 0 Å². The Morgan fingerprint density at radius 1 is 1.37 bits per heavy atom. The van der Waals surface area contributed by atoms with Crippen LogP contribution in [0.4, 0.5) is 10.1 Å². The van der Waals surface area contributed by atoms with Gasteiger partial charge in [-0.1, -0.05) is 18.9 Å². The van der Waals surface area contributed by atoms with Crippen molar-refractivity contribution in [2.45, 2.75) is 31.8 Å². The number of benzene rings is 1. The number of aliphatic hydroxyl groups is 1. The van der Waals surface area contributed by atoms with Gasteiger partial charge in [-0.05, 0) is 25.0 Å². The van der Waals surface area contributed by atoms with Crippen LogP contribution in [0.5, 0.6) is 0 Å². The van der Waals surface area contributed by atoms with E-state index in [1.54, 1.807) is 0 Å².